The predicted molar refractivity (Wildman–Crippen MR) is 88.0 cm³/mol. The molecule has 0 amide bonds. The zero-order valence-corrected chi connectivity index (χ0v) is 13.8. The molecule has 1 aromatic rings. The van der Waals surface area contributed by atoms with Gasteiger partial charge in [-0.2, -0.15) is 4.98 Å². The molecule has 0 aromatic carbocycles. The Kier molecular flexibility index (Phi) is 4.72. The molecule has 0 radical (unpaired) electrons. The quantitative estimate of drug-likeness (QED) is 0.507. The molecule has 0 unspecified atom stereocenters. The summed E-state index contributed by atoms with van der Waals surface area (Å²) in [5.74, 6) is 1.26. The molecule has 0 fully saturated rings. The van der Waals surface area contributed by atoms with Gasteiger partial charge in [0.1, 0.15) is 11.5 Å². The van der Waals surface area contributed by atoms with Crippen LogP contribution in [0.4, 0.5) is 11.8 Å². The van der Waals surface area contributed by atoms with Crippen LogP contribution in [-0.2, 0) is 6.54 Å². The number of anilines is 2. The fourth-order valence-corrected chi connectivity index (χ4v) is 2.17. The first kappa shape index (κ1) is 16.3. The van der Waals surface area contributed by atoms with Gasteiger partial charge in [0.2, 0.25) is 5.95 Å². The van der Waals surface area contributed by atoms with Crippen molar-refractivity contribution >= 4 is 17.5 Å². The summed E-state index contributed by atoms with van der Waals surface area (Å²) < 4.78 is 0. The zero-order valence-electron chi connectivity index (χ0n) is 13.8. The summed E-state index contributed by atoms with van der Waals surface area (Å²) in [6, 6.07) is 0. The second-order valence-corrected chi connectivity index (χ2v) is 5.78. The van der Waals surface area contributed by atoms with Gasteiger partial charge in [0.05, 0.1) is 17.8 Å². The monoisotopic (exact) mass is 307 g/mol. The van der Waals surface area contributed by atoms with Crippen molar-refractivity contribution in [3.63, 3.8) is 0 Å². The van der Waals surface area contributed by atoms with Crippen molar-refractivity contribution in [3.05, 3.63) is 17.5 Å². The average Bonchev–Trinajstić information content (AvgIpc) is 2.50. The molecule has 8 heteroatoms. The van der Waals surface area contributed by atoms with Gasteiger partial charge in [0, 0.05) is 39.5 Å². The van der Waals surface area contributed by atoms with E-state index in [0.717, 1.165) is 22.8 Å². The van der Waals surface area contributed by atoms with Crippen LogP contribution in [0.2, 0.25) is 0 Å². The van der Waals surface area contributed by atoms with Crippen LogP contribution >= 0.6 is 0 Å². The topological polar surface area (TPSA) is 97.4 Å². The maximum Gasteiger partial charge on any atom is 0.225 e. The summed E-state index contributed by atoms with van der Waals surface area (Å²) in [5, 5.41) is 21.2. The molecule has 0 aliphatic carbocycles. The Bertz CT molecular complexity index is 565. The molecule has 0 spiro atoms. The van der Waals surface area contributed by atoms with E-state index in [1.54, 1.807) is 20.9 Å². The summed E-state index contributed by atoms with van der Waals surface area (Å²) >= 11 is 0. The molecule has 22 heavy (non-hydrogen) atoms. The highest BCUT2D eigenvalue weighted by molar-refractivity contribution is 5.70. The van der Waals surface area contributed by atoms with E-state index in [-0.39, 0.29) is 0 Å². The molecule has 122 valence electrons. The maximum atomic E-state index is 9.94. The zero-order chi connectivity index (χ0) is 16.3. The summed E-state index contributed by atoms with van der Waals surface area (Å²) in [5.41, 5.74) is 5.02. The number of nitrogens with one attached hydrogen (secondary N) is 4. The lowest BCUT2D eigenvalue weighted by Gasteiger charge is -2.29. The highest BCUT2D eigenvalue weighted by atomic mass is 16.3. The lowest BCUT2D eigenvalue weighted by Crippen LogP contribution is -2.36. The third kappa shape index (κ3) is 3.58. The molecule has 8 nitrogen and oxygen atoms in total. The Morgan fingerprint density at radius 1 is 1.23 bits per heavy atom. The van der Waals surface area contributed by atoms with E-state index in [2.05, 4.69) is 31.3 Å². The molecule has 5 N–H and O–H groups in total. The van der Waals surface area contributed by atoms with Crippen LogP contribution in [0.15, 0.2) is 6.20 Å². The molecular formula is C14H25N7O. The van der Waals surface area contributed by atoms with Crippen LogP contribution < -0.4 is 21.4 Å². The van der Waals surface area contributed by atoms with Gasteiger partial charge in [0.25, 0.3) is 0 Å². The van der Waals surface area contributed by atoms with Crippen molar-refractivity contribution in [2.75, 3.05) is 38.3 Å². The number of hydrogen-bond acceptors (Lipinski definition) is 8. The number of hydrazine groups is 1. The van der Waals surface area contributed by atoms with E-state index in [1.165, 1.54) is 0 Å². The van der Waals surface area contributed by atoms with E-state index in [4.69, 9.17) is 0 Å². The molecule has 0 bridgehead atoms. The molecule has 0 atom stereocenters. The normalized spacial score (nSPS) is 14.3. The number of hydrogen-bond donors (Lipinski definition) is 5. The van der Waals surface area contributed by atoms with Crippen molar-refractivity contribution in [2.45, 2.75) is 26.0 Å². The van der Waals surface area contributed by atoms with Gasteiger partial charge in [-0.3, -0.25) is 0 Å². The number of rotatable bonds is 6. The first-order chi connectivity index (χ1) is 10.4. The fraction of sp³-hybridized carbons (Fsp3) is 0.571. The standard InChI is InChI=1S/C14H25N7O/c1-14(2,22)8-18-12-9-6-21(17-5)7-10(15-3)11(9)19-13(16-4)20-12/h7,15,17,22H,6,8H2,1-5H3,(H2,16,18,19,20). The summed E-state index contributed by atoms with van der Waals surface area (Å²) in [4.78, 5) is 9.04. The minimum atomic E-state index is -0.823. The van der Waals surface area contributed by atoms with Crippen LogP contribution in [0, 0.1) is 0 Å². The smallest absolute Gasteiger partial charge is 0.225 e. The number of fused-ring (bicyclic) bond motifs is 1. The third-order valence-corrected chi connectivity index (χ3v) is 3.34. The molecule has 2 rings (SSSR count). The first-order valence-electron chi connectivity index (χ1n) is 7.27. The van der Waals surface area contributed by atoms with Gasteiger partial charge in [-0.05, 0) is 13.8 Å². The van der Waals surface area contributed by atoms with Crippen LogP contribution in [0.25, 0.3) is 5.70 Å². The molecule has 1 aromatic heterocycles. The summed E-state index contributed by atoms with van der Waals surface area (Å²) in [7, 11) is 5.51. The molecular weight excluding hydrogens is 282 g/mol. The summed E-state index contributed by atoms with van der Waals surface area (Å²) in [6.45, 7) is 4.55. The molecule has 1 aliphatic heterocycles. The Morgan fingerprint density at radius 3 is 2.50 bits per heavy atom. The molecule has 1 aliphatic rings. The highest BCUT2D eigenvalue weighted by Crippen LogP contribution is 2.28. The van der Waals surface area contributed by atoms with E-state index in [9.17, 15) is 5.11 Å². The first-order valence-corrected chi connectivity index (χ1v) is 7.27. The third-order valence-electron chi connectivity index (χ3n) is 3.34. The molecule has 0 saturated heterocycles. The summed E-state index contributed by atoms with van der Waals surface area (Å²) in [6.07, 6.45) is 1.97. The van der Waals surface area contributed by atoms with Crippen LogP contribution in [0.1, 0.15) is 25.1 Å². The number of aromatic nitrogens is 2. The fourth-order valence-electron chi connectivity index (χ4n) is 2.17. The Balaban J connectivity index is 2.44. The van der Waals surface area contributed by atoms with E-state index >= 15 is 0 Å². The average molecular weight is 307 g/mol. The van der Waals surface area contributed by atoms with Crippen LogP contribution in [-0.4, -0.2) is 53.4 Å². The minimum absolute atomic E-state index is 0.401. The van der Waals surface area contributed by atoms with Gasteiger partial charge >= 0.3 is 0 Å². The largest absolute Gasteiger partial charge is 0.389 e. The van der Waals surface area contributed by atoms with Crippen molar-refractivity contribution in [2.24, 2.45) is 0 Å². The molecule has 2 heterocycles. The SMILES string of the molecule is CNC1=CN(NC)Cc2c(NCC(C)(C)O)nc(NC)nc21. The maximum absolute atomic E-state index is 9.94. The van der Waals surface area contributed by atoms with Crippen LogP contribution in [0.5, 0.6) is 0 Å². The highest BCUT2D eigenvalue weighted by Gasteiger charge is 2.24. The lowest BCUT2D eigenvalue weighted by molar-refractivity contribution is 0.0944. The minimum Gasteiger partial charge on any atom is -0.389 e. The lowest BCUT2D eigenvalue weighted by atomic mass is 10.1. The van der Waals surface area contributed by atoms with Crippen LogP contribution in [0.3, 0.4) is 0 Å². The van der Waals surface area contributed by atoms with E-state index in [1.807, 2.05) is 25.3 Å². The van der Waals surface area contributed by atoms with E-state index < -0.39 is 5.60 Å². The van der Waals surface area contributed by atoms with Gasteiger partial charge in [-0.1, -0.05) is 0 Å². The Morgan fingerprint density at radius 2 is 1.95 bits per heavy atom. The van der Waals surface area contributed by atoms with Crippen molar-refractivity contribution < 1.29 is 5.11 Å². The van der Waals surface area contributed by atoms with Crippen molar-refractivity contribution in [1.29, 1.82) is 0 Å². The van der Waals surface area contributed by atoms with Gasteiger partial charge in [-0.15, -0.1) is 0 Å². The second kappa shape index (κ2) is 6.37. The number of aliphatic hydroxyl groups is 1. The van der Waals surface area contributed by atoms with Crippen molar-refractivity contribution in [1.82, 2.24) is 25.7 Å². The Hall–Kier alpha value is -2.06. The van der Waals surface area contributed by atoms with E-state index in [0.29, 0.717) is 19.0 Å². The molecule has 0 saturated carbocycles. The van der Waals surface area contributed by atoms with Gasteiger partial charge in [-0.25, -0.2) is 10.4 Å². The van der Waals surface area contributed by atoms with Crippen molar-refractivity contribution in [3.8, 4) is 0 Å². The number of nitrogens with zero attached hydrogens (tertiary/aromatic N) is 3. The van der Waals surface area contributed by atoms with Gasteiger partial charge < -0.3 is 26.1 Å². The second-order valence-electron chi connectivity index (χ2n) is 5.78. The Labute approximate surface area is 131 Å². The van der Waals surface area contributed by atoms with Gasteiger partial charge in [0.15, 0.2) is 0 Å². The predicted octanol–water partition coefficient (Wildman–Crippen LogP) is 0.169.